The van der Waals surface area contributed by atoms with Crippen molar-refractivity contribution in [3.63, 3.8) is 0 Å². The summed E-state index contributed by atoms with van der Waals surface area (Å²) < 4.78 is 42.4. The predicted octanol–water partition coefficient (Wildman–Crippen LogP) is 3.07. The van der Waals surface area contributed by atoms with Crippen molar-refractivity contribution < 1.29 is 17.9 Å². The fourth-order valence-electron chi connectivity index (χ4n) is 1.31. The van der Waals surface area contributed by atoms with Crippen LogP contribution in [0.15, 0.2) is 24.3 Å². The van der Waals surface area contributed by atoms with Crippen LogP contribution >= 0.6 is 0 Å². The van der Waals surface area contributed by atoms with E-state index >= 15 is 0 Å². The zero-order chi connectivity index (χ0) is 13.1. The first-order chi connectivity index (χ1) is 7.84. The average Bonchev–Trinajstić information content (AvgIpc) is 2.24. The Hall–Kier alpha value is -1.49. The van der Waals surface area contributed by atoms with E-state index in [1.807, 2.05) is 0 Å². The molecule has 0 radical (unpaired) electrons. The zero-order valence-corrected chi connectivity index (χ0v) is 9.58. The molecule has 0 fully saturated rings. The summed E-state index contributed by atoms with van der Waals surface area (Å²) in [5.41, 5.74) is 5.35. The second kappa shape index (κ2) is 5.23. The molecule has 0 aliphatic carbocycles. The van der Waals surface area contributed by atoms with E-state index in [4.69, 9.17) is 10.5 Å². The second-order valence-corrected chi connectivity index (χ2v) is 3.68. The summed E-state index contributed by atoms with van der Waals surface area (Å²) in [5, 5.41) is 0. The molecular weight excluding hydrogens is 231 g/mol. The van der Waals surface area contributed by atoms with Gasteiger partial charge in [0, 0.05) is 6.04 Å². The van der Waals surface area contributed by atoms with Gasteiger partial charge in [-0.05, 0) is 24.6 Å². The van der Waals surface area contributed by atoms with Gasteiger partial charge in [0.15, 0.2) is 0 Å². The minimum absolute atomic E-state index is 0.150. The number of nitrogens with two attached hydrogens (primary N) is 1. The Morgan fingerprint density at radius 3 is 2.47 bits per heavy atom. The number of hydrogen-bond acceptors (Lipinski definition) is 2. The van der Waals surface area contributed by atoms with Crippen molar-refractivity contribution in [1.82, 2.24) is 0 Å². The average molecular weight is 245 g/mol. The van der Waals surface area contributed by atoms with E-state index in [9.17, 15) is 13.2 Å². The first-order valence-corrected chi connectivity index (χ1v) is 5.03. The van der Waals surface area contributed by atoms with Gasteiger partial charge in [-0.2, -0.15) is 13.2 Å². The van der Waals surface area contributed by atoms with E-state index in [1.54, 1.807) is 19.1 Å². The van der Waals surface area contributed by atoms with Gasteiger partial charge >= 0.3 is 6.18 Å². The smallest absolute Gasteiger partial charge is 0.419 e. The van der Waals surface area contributed by atoms with Crippen LogP contribution in [0.3, 0.4) is 0 Å². The molecular formula is C12H14F3NO. The molecule has 1 aromatic rings. The molecule has 1 aromatic carbocycles. The third-order valence-electron chi connectivity index (χ3n) is 2.12. The van der Waals surface area contributed by atoms with Crippen LogP contribution in [0.2, 0.25) is 0 Å². The summed E-state index contributed by atoms with van der Waals surface area (Å²) in [4.78, 5) is 0. The summed E-state index contributed by atoms with van der Waals surface area (Å²) in [7, 11) is 1.21. The number of ether oxygens (including phenoxy) is 1. The molecule has 2 N–H and O–H groups in total. The quantitative estimate of drug-likeness (QED) is 0.888. The SMILES string of the molecule is COc1cc(/C=C/C(C)N)ccc1C(F)(F)F. The van der Waals surface area contributed by atoms with Crippen LogP contribution < -0.4 is 10.5 Å². The van der Waals surface area contributed by atoms with Crippen LogP contribution in [0.4, 0.5) is 13.2 Å². The molecule has 0 bridgehead atoms. The number of hydrogen-bond donors (Lipinski definition) is 1. The first kappa shape index (κ1) is 13.6. The Morgan fingerprint density at radius 2 is 2.00 bits per heavy atom. The number of rotatable bonds is 3. The van der Waals surface area contributed by atoms with Crippen molar-refractivity contribution in [2.75, 3.05) is 7.11 Å². The Bertz CT molecular complexity index is 411. The van der Waals surface area contributed by atoms with E-state index in [0.29, 0.717) is 5.56 Å². The fraction of sp³-hybridized carbons (Fsp3) is 0.333. The Morgan fingerprint density at radius 1 is 1.35 bits per heavy atom. The lowest BCUT2D eigenvalue weighted by Gasteiger charge is -2.12. The molecule has 0 amide bonds. The minimum Gasteiger partial charge on any atom is -0.496 e. The Labute approximate surface area is 97.9 Å². The lowest BCUT2D eigenvalue weighted by atomic mass is 10.1. The normalized spacial score (nSPS) is 14.0. The number of halogens is 3. The van der Waals surface area contributed by atoms with Crippen molar-refractivity contribution in [2.45, 2.75) is 19.1 Å². The van der Waals surface area contributed by atoms with Crippen LogP contribution in [0.1, 0.15) is 18.1 Å². The van der Waals surface area contributed by atoms with Crippen LogP contribution in [0.25, 0.3) is 6.08 Å². The number of methoxy groups -OCH3 is 1. The molecule has 0 aromatic heterocycles. The molecule has 1 atom stereocenters. The predicted molar refractivity (Wildman–Crippen MR) is 60.7 cm³/mol. The summed E-state index contributed by atoms with van der Waals surface area (Å²) in [5.74, 6) is -0.190. The van der Waals surface area contributed by atoms with Gasteiger partial charge in [-0.15, -0.1) is 0 Å². The molecule has 0 heterocycles. The van der Waals surface area contributed by atoms with Gasteiger partial charge in [0.05, 0.1) is 12.7 Å². The number of alkyl halides is 3. The topological polar surface area (TPSA) is 35.2 Å². The van der Waals surface area contributed by atoms with Crippen LogP contribution in [0, 0.1) is 0 Å². The van der Waals surface area contributed by atoms with Gasteiger partial charge in [-0.1, -0.05) is 18.2 Å². The Balaban J connectivity index is 3.09. The molecule has 2 nitrogen and oxygen atoms in total. The first-order valence-electron chi connectivity index (χ1n) is 5.03. The molecule has 1 unspecified atom stereocenters. The largest absolute Gasteiger partial charge is 0.496 e. The van der Waals surface area contributed by atoms with Crippen molar-refractivity contribution in [3.8, 4) is 5.75 Å². The highest BCUT2D eigenvalue weighted by Crippen LogP contribution is 2.36. The third kappa shape index (κ3) is 3.78. The van der Waals surface area contributed by atoms with E-state index in [1.165, 1.54) is 19.2 Å². The Kier molecular flexibility index (Phi) is 4.17. The monoisotopic (exact) mass is 245 g/mol. The molecule has 0 spiro atoms. The standard InChI is InChI=1S/C12H14F3NO/c1-8(16)3-4-9-5-6-10(12(13,14)15)11(7-9)17-2/h3-8H,16H2,1-2H3/b4-3+. The second-order valence-electron chi connectivity index (χ2n) is 3.68. The van der Waals surface area contributed by atoms with Crippen molar-refractivity contribution >= 4 is 6.08 Å². The van der Waals surface area contributed by atoms with Crippen LogP contribution in [-0.2, 0) is 6.18 Å². The molecule has 94 valence electrons. The van der Waals surface area contributed by atoms with Crippen LogP contribution in [0.5, 0.6) is 5.75 Å². The molecule has 0 aliphatic heterocycles. The molecule has 0 saturated heterocycles. The van der Waals surface area contributed by atoms with Gasteiger partial charge in [0.25, 0.3) is 0 Å². The summed E-state index contributed by atoms with van der Waals surface area (Å²) in [6.45, 7) is 1.78. The van der Waals surface area contributed by atoms with E-state index < -0.39 is 11.7 Å². The maximum atomic E-state index is 12.6. The van der Waals surface area contributed by atoms with Gasteiger partial charge in [0.2, 0.25) is 0 Å². The summed E-state index contributed by atoms with van der Waals surface area (Å²) in [6, 6.07) is 3.56. The van der Waals surface area contributed by atoms with E-state index in [-0.39, 0.29) is 11.8 Å². The highest BCUT2D eigenvalue weighted by molar-refractivity contribution is 5.54. The van der Waals surface area contributed by atoms with E-state index in [2.05, 4.69) is 0 Å². The molecule has 5 heteroatoms. The maximum absolute atomic E-state index is 12.6. The molecule has 0 saturated carbocycles. The summed E-state index contributed by atoms with van der Waals surface area (Å²) >= 11 is 0. The maximum Gasteiger partial charge on any atom is 0.419 e. The summed E-state index contributed by atoms with van der Waals surface area (Å²) in [6.07, 6.45) is -1.05. The number of benzene rings is 1. The van der Waals surface area contributed by atoms with Gasteiger partial charge in [-0.3, -0.25) is 0 Å². The van der Waals surface area contributed by atoms with Gasteiger partial charge < -0.3 is 10.5 Å². The molecule has 17 heavy (non-hydrogen) atoms. The minimum atomic E-state index is -4.41. The lowest BCUT2D eigenvalue weighted by molar-refractivity contribution is -0.138. The zero-order valence-electron chi connectivity index (χ0n) is 9.58. The van der Waals surface area contributed by atoms with Crippen molar-refractivity contribution in [3.05, 3.63) is 35.4 Å². The van der Waals surface area contributed by atoms with Crippen LogP contribution in [-0.4, -0.2) is 13.2 Å². The van der Waals surface area contributed by atoms with E-state index in [0.717, 1.165) is 6.07 Å². The third-order valence-corrected chi connectivity index (χ3v) is 2.12. The van der Waals surface area contributed by atoms with Crippen molar-refractivity contribution in [2.24, 2.45) is 5.73 Å². The molecule has 0 aliphatic rings. The highest BCUT2D eigenvalue weighted by atomic mass is 19.4. The molecule has 1 rings (SSSR count). The highest BCUT2D eigenvalue weighted by Gasteiger charge is 2.34. The fourth-order valence-corrected chi connectivity index (χ4v) is 1.31. The van der Waals surface area contributed by atoms with Gasteiger partial charge in [0.1, 0.15) is 5.75 Å². The van der Waals surface area contributed by atoms with Crippen molar-refractivity contribution in [1.29, 1.82) is 0 Å². The lowest BCUT2D eigenvalue weighted by Crippen LogP contribution is -2.10. The van der Waals surface area contributed by atoms with Gasteiger partial charge in [-0.25, -0.2) is 0 Å².